The van der Waals surface area contributed by atoms with Crippen LogP contribution in [-0.2, 0) is 17.9 Å². The van der Waals surface area contributed by atoms with Crippen LogP contribution in [0.15, 0.2) is 48.5 Å². The summed E-state index contributed by atoms with van der Waals surface area (Å²) in [6, 6.07) is 15.0. The molecule has 6 heteroatoms. The van der Waals surface area contributed by atoms with Gasteiger partial charge in [-0.3, -0.25) is 19.3 Å². The minimum absolute atomic E-state index is 0.0848. The third kappa shape index (κ3) is 4.64. The van der Waals surface area contributed by atoms with Crippen molar-refractivity contribution < 1.29 is 19.3 Å². The molecule has 0 fully saturated rings. The average molecular weight is 380 g/mol. The molecule has 2 N–H and O–H groups in total. The summed E-state index contributed by atoms with van der Waals surface area (Å²) in [5.74, 6) is -0.639. The number of hydrogen-bond acceptors (Lipinski definition) is 3. The average Bonchev–Trinajstić information content (AvgIpc) is 2.92. The Morgan fingerprint density at radius 1 is 0.929 bits per heavy atom. The van der Waals surface area contributed by atoms with Gasteiger partial charge in [0.2, 0.25) is 5.91 Å². The van der Waals surface area contributed by atoms with Crippen molar-refractivity contribution >= 4 is 17.7 Å². The molecule has 0 aromatic heterocycles. The summed E-state index contributed by atoms with van der Waals surface area (Å²) < 4.78 is 0. The van der Waals surface area contributed by atoms with E-state index in [4.69, 9.17) is 0 Å². The molecule has 146 valence electrons. The summed E-state index contributed by atoms with van der Waals surface area (Å²) >= 11 is 0. The number of quaternary nitrogens is 1. The summed E-state index contributed by atoms with van der Waals surface area (Å²) in [7, 11) is 4.21. The van der Waals surface area contributed by atoms with Gasteiger partial charge in [-0.25, -0.2) is 0 Å². The molecule has 0 bridgehead atoms. The molecule has 6 nitrogen and oxygen atoms in total. The number of fused-ring (bicyclic) bond motifs is 1. The molecule has 0 spiro atoms. The maximum atomic E-state index is 12.3. The monoisotopic (exact) mass is 380 g/mol. The van der Waals surface area contributed by atoms with Crippen LogP contribution < -0.4 is 10.2 Å². The van der Waals surface area contributed by atoms with Crippen molar-refractivity contribution in [3.8, 4) is 0 Å². The lowest BCUT2D eigenvalue weighted by Crippen LogP contribution is -3.04. The first-order valence-electron chi connectivity index (χ1n) is 9.54. The Balaban J connectivity index is 1.42. The van der Waals surface area contributed by atoms with Crippen molar-refractivity contribution in [2.24, 2.45) is 0 Å². The van der Waals surface area contributed by atoms with Gasteiger partial charge in [0, 0.05) is 25.1 Å². The van der Waals surface area contributed by atoms with Crippen LogP contribution in [0.5, 0.6) is 0 Å². The molecule has 2 aromatic rings. The predicted molar refractivity (Wildman–Crippen MR) is 106 cm³/mol. The lowest BCUT2D eigenvalue weighted by Gasteiger charge is -2.13. The molecular weight excluding hydrogens is 354 g/mol. The largest absolute Gasteiger partial charge is 0.352 e. The Hall–Kier alpha value is -2.99. The smallest absolute Gasteiger partial charge is 0.261 e. The van der Waals surface area contributed by atoms with Crippen LogP contribution >= 0.6 is 0 Å². The summed E-state index contributed by atoms with van der Waals surface area (Å²) in [6.07, 6.45) is 0.720. The number of hydrogen-bond donors (Lipinski definition) is 2. The minimum atomic E-state index is -0.277. The third-order valence-electron chi connectivity index (χ3n) is 4.73. The van der Waals surface area contributed by atoms with Gasteiger partial charge in [-0.1, -0.05) is 36.4 Å². The van der Waals surface area contributed by atoms with Gasteiger partial charge in [0.05, 0.1) is 25.2 Å². The quantitative estimate of drug-likeness (QED) is 0.672. The van der Waals surface area contributed by atoms with Gasteiger partial charge in [-0.15, -0.1) is 0 Å². The Morgan fingerprint density at radius 2 is 1.50 bits per heavy atom. The van der Waals surface area contributed by atoms with Crippen molar-refractivity contribution in [2.45, 2.75) is 25.9 Å². The van der Waals surface area contributed by atoms with Gasteiger partial charge in [0.25, 0.3) is 11.8 Å². The number of nitrogens with zero attached hydrogens (tertiary/aromatic N) is 1. The van der Waals surface area contributed by atoms with Gasteiger partial charge < -0.3 is 10.2 Å². The van der Waals surface area contributed by atoms with Crippen LogP contribution in [0, 0.1) is 0 Å². The fourth-order valence-corrected chi connectivity index (χ4v) is 3.31. The molecule has 1 aliphatic heterocycles. The van der Waals surface area contributed by atoms with Crippen LogP contribution in [-0.4, -0.2) is 43.3 Å². The standard InChI is InChI=1S/C22H25N3O3/c1-24(2)15-17-11-9-16(10-12-17)14-23-20(26)8-5-13-25-21(27)18-6-3-4-7-19(18)22(25)28/h3-4,6-7,9-12H,5,8,13-15H2,1-2H3,(H,23,26)/p+1. The Labute approximate surface area is 165 Å². The van der Waals surface area contributed by atoms with E-state index >= 15 is 0 Å². The number of amides is 3. The number of benzene rings is 2. The highest BCUT2D eigenvalue weighted by Crippen LogP contribution is 2.22. The van der Waals surface area contributed by atoms with E-state index in [-0.39, 0.29) is 30.7 Å². The Bertz CT molecular complexity index is 840. The van der Waals surface area contributed by atoms with E-state index in [9.17, 15) is 14.4 Å². The minimum Gasteiger partial charge on any atom is -0.352 e. The number of nitrogens with one attached hydrogen (secondary N) is 2. The zero-order valence-electron chi connectivity index (χ0n) is 16.3. The topological polar surface area (TPSA) is 70.9 Å². The van der Waals surface area contributed by atoms with E-state index in [1.54, 1.807) is 24.3 Å². The van der Waals surface area contributed by atoms with Crippen LogP contribution in [0.1, 0.15) is 44.7 Å². The molecule has 0 unspecified atom stereocenters. The van der Waals surface area contributed by atoms with E-state index in [0.717, 1.165) is 12.1 Å². The molecular formula is C22H26N3O3+. The van der Waals surface area contributed by atoms with Gasteiger partial charge in [-0.2, -0.15) is 0 Å². The molecule has 0 atom stereocenters. The summed E-state index contributed by atoms with van der Waals surface area (Å²) in [6.45, 7) is 1.69. The fraction of sp³-hybridized carbons (Fsp3) is 0.318. The summed E-state index contributed by atoms with van der Waals surface area (Å²) in [5, 5.41) is 2.89. The second kappa shape index (κ2) is 8.80. The second-order valence-corrected chi connectivity index (χ2v) is 7.39. The van der Waals surface area contributed by atoms with Gasteiger partial charge in [0.1, 0.15) is 6.54 Å². The number of imide groups is 1. The van der Waals surface area contributed by atoms with Crippen LogP contribution in [0.3, 0.4) is 0 Å². The highest BCUT2D eigenvalue weighted by Gasteiger charge is 2.34. The van der Waals surface area contributed by atoms with Crippen molar-refractivity contribution in [3.63, 3.8) is 0 Å². The number of carbonyl (C=O) groups excluding carboxylic acids is 3. The van der Waals surface area contributed by atoms with Crippen LogP contribution in [0.4, 0.5) is 0 Å². The predicted octanol–water partition coefficient (Wildman–Crippen LogP) is 1.02. The molecule has 0 radical (unpaired) electrons. The Kier molecular flexibility index (Phi) is 6.21. The molecule has 3 rings (SSSR count). The third-order valence-corrected chi connectivity index (χ3v) is 4.73. The van der Waals surface area contributed by atoms with Gasteiger partial charge >= 0.3 is 0 Å². The molecule has 1 aliphatic rings. The first-order chi connectivity index (χ1) is 13.5. The fourth-order valence-electron chi connectivity index (χ4n) is 3.31. The van der Waals surface area contributed by atoms with Crippen molar-refractivity contribution in [1.29, 1.82) is 0 Å². The van der Waals surface area contributed by atoms with Crippen LogP contribution in [0.25, 0.3) is 0 Å². The SMILES string of the molecule is C[NH+](C)Cc1ccc(CNC(=O)CCCN2C(=O)c3ccccc3C2=O)cc1. The second-order valence-electron chi connectivity index (χ2n) is 7.39. The van der Waals surface area contributed by atoms with Crippen molar-refractivity contribution in [3.05, 3.63) is 70.8 Å². The normalized spacial score (nSPS) is 13.2. The van der Waals surface area contributed by atoms with Gasteiger partial charge in [0.15, 0.2) is 0 Å². The van der Waals surface area contributed by atoms with E-state index in [0.29, 0.717) is 24.1 Å². The first kappa shape index (κ1) is 19.8. The molecule has 0 aliphatic carbocycles. The molecule has 2 aromatic carbocycles. The molecule has 3 amide bonds. The van der Waals surface area contributed by atoms with E-state index < -0.39 is 0 Å². The highest BCUT2D eigenvalue weighted by molar-refractivity contribution is 6.21. The summed E-state index contributed by atoms with van der Waals surface area (Å²) in [5.41, 5.74) is 3.19. The zero-order valence-corrected chi connectivity index (χ0v) is 16.3. The maximum Gasteiger partial charge on any atom is 0.261 e. The molecule has 0 saturated carbocycles. The molecule has 1 heterocycles. The molecule has 0 saturated heterocycles. The van der Waals surface area contributed by atoms with Crippen molar-refractivity contribution in [2.75, 3.05) is 20.6 Å². The Morgan fingerprint density at radius 3 is 2.07 bits per heavy atom. The number of rotatable bonds is 8. The van der Waals surface area contributed by atoms with E-state index in [1.807, 2.05) is 12.1 Å². The van der Waals surface area contributed by atoms with E-state index in [1.165, 1.54) is 15.4 Å². The van der Waals surface area contributed by atoms with E-state index in [2.05, 4.69) is 31.5 Å². The zero-order chi connectivity index (χ0) is 20.1. The molecule has 28 heavy (non-hydrogen) atoms. The lowest BCUT2D eigenvalue weighted by molar-refractivity contribution is -0.872. The van der Waals surface area contributed by atoms with Crippen LogP contribution in [0.2, 0.25) is 0 Å². The number of carbonyl (C=O) groups is 3. The summed E-state index contributed by atoms with van der Waals surface area (Å²) in [4.78, 5) is 39.2. The van der Waals surface area contributed by atoms with Crippen molar-refractivity contribution in [1.82, 2.24) is 10.2 Å². The first-order valence-corrected chi connectivity index (χ1v) is 9.54. The lowest BCUT2D eigenvalue weighted by atomic mass is 10.1. The maximum absolute atomic E-state index is 12.3. The van der Waals surface area contributed by atoms with Gasteiger partial charge in [-0.05, 0) is 24.1 Å². The highest BCUT2D eigenvalue weighted by atomic mass is 16.2.